The second-order valence-electron chi connectivity index (χ2n) is 8.34. The van der Waals surface area contributed by atoms with E-state index in [9.17, 15) is 14.0 Å². The van der Waals surface area contributed by atoms with E-state index in [1.54, 1.807) is 17.9 Å². The minimum Gasteiger partial charge on any atom is -0.369 e. The molecule has 0 spiro atoms. The van der Waals surface area contributed by atoms with Gasteiger partial charge in [0.2, 0.25) is 5.91 Å². The van der Waals surface area contributed by atoms with Crippen molar-refractivity contribution in [3.8, 4) is 10.4 Å². The Kier molecular flexibility index (Phi) is 4.64. The summed E-state index contributed by atoms with van der Waals surface area (Å²) >= 11 is 1.36. The van der Waals surface area contributed by atoms with Crippen LogP contribution in [-0.4, -0.2) is 47.9 Å². The number of benzene rings is 1. The predicted molar refractivity (Wildman–Crippen MR) is 111 cm³/mol. The van der Waals surface area contributed by atoms with E-state index in [-0.39, 0.29) is 29.7 Å². The molecule has 2 bridgehead atoms. The number of hydrogen-bond donors (Lipinski definition) is 1. The molecule has 1 aromatic heterocycles. The maximum absolute atomic E-state index is 14.2. The quantitative estimate of drug-likeness (QED) is 0.830. The number of primary amides is 1. The first-order valence-corrected chi connectivity index (χ1v) is 10.5. The van der Waals surface area contributed by atoms with Crippen LogP contribution in [0.1, 0.15) is 42.2 Å². The number of nitrogens with zero attached hydrogens (tertiary/aromatic N) is 3. The highest BCUT2D eigenvalue weighted by molar-refractivity contribution is 7.19. The molecule has 154 valence electrons. The predicted octanol–water partition coefficient (Wildman–Crippen LogP) is 3.19. The van der Waals surface area contributed by atoms with Crippen molar-refractivity contribution in [2.75, 3.05) is 19.0 Å². The molecule has 2 fully saturated rings. The Balaban J connectivity index is 1.78. The van der Waals surface area contributed by atoms with Gasteiger partial charge < -0.3 is 15.5 Å². The second-order valence-corrected chi connectivity index (χ2v) is 9.32. The fraction of sp³-hybridized carbons (Fsp3) is 0.476. The maximum atomic E-state index is 14.2. The lowest BCUT2D eigenvalue weighted by molar-refractivity contribution is -0.128. The third-order valence-electron chi connectivity index (χ3n) is 6.49. The maximum Gasteiger partial charge on any atom is 0.274 e. The molecule has 0 radical (unpaired) electrons. The Hall–Kier alpha value is -2.48. The van der Waals surface area contributed by atoms with Crippen LogP contribution in [0, 0.1) is 18.2 Å². The van der Waals surface area contributed by atoms with Crippen molar-refractivity contribution < 1.29 is 14.0 Å². The van der Waals surface area contributed by atoms with Crippen LogP contribution in [0.4, 0.5) is 9.52 Å². The average molecular weight is 417 g/mol. The Morgan fingerprint density at radius 2 is 2.10 bits per heavy atom. The molecule has 4 rings (SSSR count). The number of amides is 2. The summed E-state index contributed by atoms with van der Waals surface area (Å²) in [6.45, 7) is 3.60. The van der Waals surface area contributed by atoms with Gasteiger partial charge >= 0.3 is 0 Å². The molecule has 3 atom stereocenters. The largest absolute Gasteiger partial charge is 0.369 e. The van der Waals surface area contributed by atoms with Gasteiger partial charge in [-0.25, -0.2) is 9.37 Å². The first kappa shape index (κ1) is 19.8. The van der Waals surface area contributed by atoms with Crippen LogP contribution in [0.3, 0.4) is 0 Å². The molecular formula is C21H25FN4O2S. The van der Waals surface area contributed by atoms with Gasteiger partial charge in [-0.2, -0.15) is 0 Å². The molecule has 0 unspecified atom stereocenters. The molecule has 2 amide bonds. The molecule has 29 heavy (non-hydrogen) atoms. The van der Waals surface area contributed by atoms with Crippen LogP contribution in [0.25, 0.3) is 10.4 Å². The van der Waals surface area contributed by atoms with Crippen LogP contribution in [0.5, 0.6) is 0 Å². The minimum atomic E-state index is -0.656. The first-order chi connectivity index (χ1) is 13.7. The molecule has 1 saturated carbocycles. The van der Waals surface area contributed by atoms with Crippen LogP contribution in [0.2, 0.25) is 0 Å². The molecule has 8 heteroatoms. The van der Waals surface area contributed by atoms with Gasteiger partial charge in [-0.15, -0.1) is 0 Å². The zero-order chi connectivity index (χ0) is 21.1. The summed E-state index contributed by atoms with van der Waals surface area (Å²) in [7, 11) is 3.71. The Morgan fingerprint density at radius 3 is 2.69 bits per heavy atom. The van der Waals surface area contributed by atoms with Crippen LogP contribution in [0.15, 0.2) is 18.2 Å². The highest BCUT2D eigenvalue weighted by Gasteiger charge is 2.60. The van der Waals surface area contributed by atoms with Gasteiger partial charge in [0.15, 0.2) is 5.13 Å². The number of carbonyl (C=O) groups is 2. The summed E-state index contributed by atoms with van der Waals surface area (Å²) in [6, 6.07) is 4.67. The van der Waals surface area contributed by atoms with Crippen molar-refractivity contribution in [3.05, 3.63) is 35.3 Å². The van der Waals surface area contributed by atoms with Gasteiger partial charge in [0.05, 0.1) is 10.3 Å². The number of fused-ring (bicyclic) bond motifs is 2. The molecule has 2 aliphatic rings. The van der Waals surface area contributed by atoms with E-state index in [4.69, 9.17) is 5.73 Å². The highest BCUT2D eigenvalue weighted by atomic mass is 32.1. The fourth-order valence-electron chi connectivity index (χ4n) is 4.72. The lowest BCUT2D eigenvalue weighted by Crippen LogP contribution is -2.51. The SMILES string of the molecule is Cc1ccc(-c2sc(N(C)C)nc2C(=O)N2[C@H]3CC[C@@](C(N)=O)(C3)[C@H]2C)cc1F. The van der Waals surface area contributed by atoms with Crippen LogP contribution in [-0.2, 0) is 4.79 Å². The molecule has 2 aromatic rings. The molecule has 2 heterocycles. The third-order valence-corrected chi connectivity index (χ3v) is 7.77. The van der Waals surface area contributed by atoms with E-state index in [1.807, 2.05) is 32.0 Å². The standard InChI is InChI=1S/C21H25FN4O2S/c1-11-5-6-13(9-15(11)22)17-16(24-20(29-17)25(3)4)18(27)26-12(2)21(19(23)28)8-7-14(26)10-21/h5-6,9,12,14H,7-8,10H2,1-4H3,(H2,23,28)/t12-,14+,21-/m1/s1. The average Bonchev–Trinajstić information content (AvgIpc) is 3.35. The number of nitrogens with two attached hydrogens (primary N) is 1. The minimum absolute atomic E-state index is 0.0166. The van der Waals surface area contributed by atoms with Gasteiger partial charge in [-0.05, 0) is 50.3 Å². The van der Waals surface area contributed by atoms with E-state index < -0.39 is 5.41 Å². The molecule has 1 aliphatic heterocycles. The van der Waals surface area contributed by atoms with E-state index in [0.29, 0.717) is 39.7 Å². The fourth-order valence-corrected chi connectivity index (χ4v) is 5.69. The Morgan fingerprint density at radius 1 is 1.38 bits per heavy atom. The number of anilines is 1. The van der Waals surface area contributed by atoms with Crippen LogP contribution < -0.4 is 10.6 Å². The molecule has 6 nitrogen and oxygen atoms in total. The smallest absolute Gasteiger partial charge is 0.274 e. The molecular weight excluding hydrogens is 391 g/mol. The van der Waals surface area contributed by atoms with Gasteiger partial charge in [0.25, 0.3) is 5.91 Å². The third kappa shape index (κ3) is 2.92. The number of aromatic nitrogens is 1. The second kappa shape index (κ2) is 6.79. The molecule has 2 N–H and O–H groups in total. The summed E-state index contributed by atoms with van der Waals surface area (Å²) < 4.78 is 14.2. The van der Waals surface area contributed by atoms with Crippen molar-refractivity contribution in [1.82, 2.24) is 9.88 Å². The Bertz CT molecular complexity index is 1000. The Labute approximate surface area is 173 Å². The summed E-state index contributed by atoms with van der Waals surface area (Å²) in [5, 5.41) is 0.672. The van der Waals surface area contributed by atoms with Crippen molar-refractivity contribution in [1.29, 1.82) is 0 Å². The number of thiazole rings is 1. The number of aryl methyl sites for hydroxylation is 1. The topological polar surface area (TPSA) is 79.5 Å². The van der Waals surface area contributed by atoms with Crippen LogP contribution >= 0.6 is 11.3 Å². The number of halogens is 1. The molecule has 1 aliphatic carbocycles. The zero-order valence-corrected chi connectivity index (χ0v) is 17.8. The lowest BCUT2D eigenvalue weighted by Gasteiger charge is -2.37. The van der Waals surface area contributed by atoms with Gasteiger partial charge in [-0.3, -0.25) is 9.59 Å². The normalized spacial score (nSPS) is 25.5. The van der Waals surface area contributed by atoms with E-state index >= 15 is 0 Å². The number of hydrogen-bond acceptors (Lipinski definition) is 5. The number of likely N-dealkylation sites (tertiary alicyclic amines) is 1. The lowest BCUT2D eigenvalue weighted by atomic mass is 9.80. The van der Waals surface area contributed by atoms with Gasteiger partial charge in [0.1, 0.15) is 11.5 Å². The van der Waals surface area contributed by atoms with E-state index in [1.165, 1.54) is 17.4 Å². The van der Waals surface area contributed by atoms with Gasteiger partial charge in [0, 0.05) is 26.2 Å². The first-order valence-electron chi connectivity index (χ1n) is 9.73. The van der Waals surface area contributed by atoms with Crippen molar-refractivity contribution in [2.45, 2.75) is 45.2 Å². The monoisotopic (exact) mass is 416 g/mol. The van der Waals surface area contributed by atoms with E-state index in [2.05, 4.69) is 4.98 Å². The number of piperidine rings is 1. The molecule has 1 saturated heterocycles. The molecule has 1 aromatic carbocycles. The van der Waals surface area contributed by atoms with Crippen molar-refractivity contribution in [2.24, 2.45) is 11.1 Å². The summed E-state index contributed by atoms with van der Waals surface area (Å²) in [5.74, 6) is -0.872. The van der Waals surface area contributed by atoms with Crippen molar-refractivity contribution >= 4 is 28.3 Å². The number of rotatable bonds is 4. The van der Waals surface area contributed by atoms with Gasteiger partial charge in [-0.1, -0.05) is 23.5 Å². The van der Waals surface area contributed by atoms with Crippen molar-refractivity contribution in [3.63, 3.8) is 0 Å². The summed E-state index contributed by atoms with van der Waals surface area (Å²) in [4.78, 5) is 34.6. The highest BCUT2D eigenvalue weighted by Crippen LogP contribution is 2.52. The zero-order valence-electron chi connectivity index (χ0n) is 17.0. The van der Waals surface area contributed by atoms with E-state index in [0.717, 1.165) is 6.42 Å². The number of carbonyl (C=O) groups excluding carboxylic acids is 2. The summed E-state index contributed by atoms with van der Waals surface area (Å²) in [6.07, 6.45) is 2.08. The summed E-state index contributed by atoms with van der Waals surface area (Å²) in [5.41, 5.74) is 6.55.